The van der Waals surface area contributed by atoms with Gasteiger partial charge in [0.2, 0.25) is 0 Å². The third-order valence-electron chi connectivity index (χ3n) is 8.34. The lowest BCUT2D eigenvalue weighted by Gasteiger charge is -2.43. The molecule has 3 aromatic rings. The molecule has 0 saturated carbocycles. The number of nitrogens with one attached hydrogen (secondary N) is 1. The number of hydrogen-bond donors (Lipinski definition) is 1. The monoisotopic (exact) mass is 497 g/mol. The molecule has 2 saturated heterocycles. The van der Waals surface area contributed by atoms with Crippen molar-refractivity contribution in [2.24, 2.45) is 0 Å². The molecule has 3 aliphatic heterocycles. The van der Waals surface area contributed by atoms with Crippen molar-refractivity contribution in [2.75, 3.05) is 37.5 Å². The minimum atomic E-state index is -0.112. The van der Waals surface area contributed by atoms with Crippen LogP contribution in [0.15, 0.2) is 42.6 Å². The molecular formula is C29H31N5O3. The minimum absolute atomic E-state index is 0.0721. The first-order valence-corrected chi connectivity index (χ1v) is 12.9. The van der Waals surface area contributed by atoms with E-state index >= 15 is 0 Å². The zero-order valence-corrected chi connectivity index (χ0v) is 21.2. The van der Waals surface area contributed by atoms with E-state index in [-0.39, 0.29) is 12.5 Å². The molecule has 2 aromatic carbocycles. The predicted molar refractivity (Wildman–Crippen MR) is 142 cm³/mol. The molecule has 2 fully saturated rings. The second-order valence-corrected chi connectivity index (χ2v) is 10.3. The maximum absolute atomic E-state index is 11.8. The van der Waals surface area contributed by atoms with Crippen molar-refractivity contribution in [1.29, 1.82) is 5.26 Å². The van der Waals surface area contributed by atoms with E-state index in [2.05, 4.69) is 39.3 Å². The van der Waals surface area contributed by atoms with Gasteiger partial charge in [0.15, 0.2) is 6.61 Å². The van der Waals surface area contributed by atoms with Gasteiger partial charge in [-0.25, -0.2) is 0 Å². The van der Waals surface area contributed by atoms with Crippen molar-refractivity contribution < 1.29 is 14.3 Å². The summed E-state index contributed by atoms with van der Waals surface area (Å²) in [6.07, 6.45) is 7.13. The third-order valence-corrected chi connectivity index (χ3v) is 8.34. The summed E-state index contributed by atoms with van der Waals surface area (Å²) in [7, 11) is 3.82. The highest BCUT2D eigenvalue weighted by Gasteiger charge is 2.41. The molecule has 1 aromatic heterocycles. The molecule has 37 heavy (non-hydrogen) atoms. The normalized spacial score (nSPS) is 22.6. The highest BCUT2D eigenvalue weighted by Crippen LogP contribution is 2.40. The van der Waals surface area contributed by atoms with E-state index in [9.17, 15) is 10.1 Å². The SMILES string of the molecule is COc1ccc2ncc(C#N)c(CCN3C4CCC3CC(N(C)c3ccc5c(c3)NC(=O)CO5)C4)c2c1. The van der Waals surface area contributed by atoms with Crippen LogP contribution in [0, 0.1) is 11.3 Å². The molecule has 0 spiro atoms. The fraction of sp³-hybridized carbons (Fsp3) is 0.414. The number of nitrogens with zero attached hydrogens (tertiary/aromatic N) is 4. The van der Waals surface area contributed by atoms with Gasteiger partial charge in [-0.3, -0.25) is 14.7 Å². The maximum atomic E-state index is 11.8. The van der Waals surface area contributed by atoms with Gasteiger partial charge in [-0.1, -0.05) is 0 Å². The number of fused-ring (bicyclic) bond motifs is 4. The Hall–Kier alpha value is -3.83. The number of piperidine rings is 1. The standard InChI is InChI=1S/C29H31N5O3/c1-33(19-5-8-28-27(13-19)32-29(35)17-37-28)22-11-20-3-4-21(12-22)34(20)10-9-24-18(15-30)16-31-26-7-6-23(36-2)14-25(24)26/h5-8,13-14,16,20-22H,3-4,9-12,17H2,1-2H3,(H,32,35). The van der Waals surface area contributed by atoms with Gasteiger partial charge in [-0.15, -0.1) is 0 Å². The number of nitriles is 1. The third kappa shape index (κ3) is 4.34. The average molecular weight is 498 g/mol. The van der Waals surface area contributed by atoms with E-state index in [0.717, 1.165) is 65.1 Å². The Bertz CT molecular complexity index is 1390. The molecule has 4 heterocycles. The van der Waals surface area contributed by atoms with Crippen LogP contribution < -0.4 is 19.7 Å². The average Bonchev–Trinajstić information content (AvgIpc) is 3.16. The Balaban J connectivity index is 1.17. The lowest BCUT2D eigenvalue weighted by atomic mass is 9.94. The van der Waals surface area contributed by atoms with Crippen LogP contribution in [0.5, 0.6) is 11.5 Å². The van der Waals surface area contributed by atoms with Crippen LogP contribution in [0.4, 0.5) is 11.4 Å². The second-order valence-electron chi connectivity index (χ2n) is 10.3. The van der Waals surface area contributed by atoms with Crippen LogP contribution >= 0.6 is 0 Å². The van der Waals surface area contributed by atoms with Crippen molar-refractivity contribution >= 4 is 28.2 Å². The first-order chi connectivity index (χ1) is 18.0. The number of benzene rings is 2. The Kier molecular flexibility index (Phi) is 6.09. The summed E-state index contributed by atoms with van der Waals surface area (Å²) in [5.41, 5.74) is 4.44. The molecule has 3 aliphatic rings. The van der Waals surface area contributed by atoms with Gasteiger partial charge < -0.3 is 19.7 Å². The zero-order chi connectivity index (χ0) is 25.5. The second kappa shape index (κ2) is 9.56. The number of amides is 1. The van der Waals surface area contributed by atoms with Crippen LogP contribution in [0.25, 0.3) is 10.9 Å². The van der Waals surface area contributed by atoms with Crippen molar-refractivity contribution in [3.63, 3.8) is 0 Å². The molecular weight excluding hydrogens is 466 g/mol. The summed E-state index contributed by atoms with van der Waals surface area (Å²) in [5, 5.41) is 13.7. The van der Waals surface area contributed by atoms with E-state index in [0.29, 0.717) is 23.7 Å². The largest absolute Gasteiger partial charge is 0.497 e. The number of anilines is 2. The molecule has 8 heteroatoms. The first kappa shape index (κ1) is 23.6. The van der Waals surface area contributed by atoms with Crippen molar-refractivity contribution in [2.45, 2.75) is 50.2 Å². The van der Waals surface area contributed by atoms with Crippen molar-refractivity contribution in [1.82, 2.24) is 9.88 Å². The van der Waals surface area contributed by atoms with Gasteiger partial charge in [0, 0.05) is 49.0 Å². The lowest BCUT2D eigenvalue weighted by Crippen LogP contribution is -2.50. The number of methoxy groups -OCH3 is 1. The van der Waals surface area contributed by atoms with Crippen LogP contribution in [0.3, 0.4) is 0 Å². The van der Waals surface area contributed by atoms with Crippen LogP contribution in [-0.4, -0.2) is 61.2 Å². The summed E-state index contributed by atoms with van der Waals surface area (Å²) in [5.74, 6) is 1.39. The van der Waals surface area contributed by atoms with E-state index < -0.39 is 0 Å². The molecule has 190 valence electrons. The fourth-order valence-corrected chi connectivity index (χ4v) is 6.39. The zero-order valence-electron chi connectivity index (χ0n) is 21.2. The number of hydrogen-bond acceptors (Lipinski definition) is 7. The first-order valence-electron chi connectivity index (χ1n) is 12.9. The molecule has 0 radical (unpaired) electrons. The molecule has 1 amide bonds. The molecule has 6 rings (SSSR count). The molecule has 2 unspecified atom stereocenters. The number of ether oxygens (including phenoxy) is 2. The molecule has 2 bridgehead atoms. The summed E-state index contributed by atoms with van der Waals surface area (Å²) in [4.78, 5) is 21.3. The van der Waals surface area contributed by atoms with Crippen LogP contribution in [0.2, 0.25) is 0 Å². The topological polar surface area (TPSA) is 90.7 Å². The van der Waals surface area contributed by atoms with Gasteiger partial charge in [0.25, 0.3) is 5.91 Å². The predicted octanol–water partition coefficient (Wildman–Crippen LogP) is 4.12. The van der Waals surface area contributed by atoms with Gasteiger partial charge >= 0.3 is 0 Å². The highest BCUT2D eigenvalue weighted by molar-refractivity contribution is 5.96. The van der Waals surface area contributed by atoms with Crippen molar-refractivity contribution in [3.8, 4) is 17.6 Å². The van der Waals surface area contributed by atoms with E-state index in [1.807, 2.05) is 30.3 Å². The fourth-order valence-electron chi connectivity index (χ4n) is 6.39. The van der Waals surface area contributed by atoms with Gasteiger partial charge in [0.05, 0.1) is 23.9 Å². The smallest absolute Gasteiger partial charge is 0.262 e. The van der Waals surface area contributed by atoms with Gasteiger partial charge in [-0.05, 0) is 74.1 Å². The number of aromatic nitrogens is 1. The van der Waals surface area contributed by atoms with Crippen molar-refractivity contribution in [3.05, 3.63) is 53.7 Å². The molecule has 8 nitrogen and oxygen atoms in total. The molecule has 1 N–H and O–H groups in total. The maximum Gasteiger partial charge on any atom is 0.262 e. The Morgan fingerprint density at radius 2 is 2.03 bits per heavy atom. The lowest BCUT2D eigenvalue weighted by molar-refractivity contribution is -0.118. The summed E-state index contributed by atoms with van der Waals surface area (Å²) in [6, 6.07) is 15.8. The number of pyridine rings is 1. The number of carbonyl (C=O) groups is 1. The van der Waals surface area contributed by atoms with Gasteiger partial charge in [0.1, 0.15) is 17.6 Å². The van der Waals surface area contributed by atoms with E-state index in [1.165, 1.54) is 12.8 Å². The Morgan fingerprint density at radius 1 is 1.22 bits per heavy atom. The minimum Gasteiger partial charge on any atom is -0.497 e. The molecule has 0 aliphatic carbocycles. The quantitative estimate of drug-likeness (QED) is 0.548. The van der Waals surface area contributed by atoms with E-state index in [1.54, 1.807) is 13.3 Å². The highest BCUT2D eigenvalue weighted by atomic mass is 16.5. The van der Waals surface area contributed by atoms with Crippen LogP contribution in [0.1, 0.15) is 36.8 Å². The Morgan fingerprint density at radius 3 is 2.78 bits per heavy atom. The summed E-state index contributed by atoms with van der Waals surface area (Å²) in [6.45, 7) is 1.00. The van der Waals surface area contributed by atoms with Crippen LogP contribution in [-0.2, 0) is 11.2 Å². The number of rotatable bonds is 6. The summed E-state index contributed by atoms with van der Waals surface area (Å²) < 4.78 is 11.0. The Labute approximate surface area is 216 Å². The molecule has 2 atom stereocenters. The van der Waals surface area contributed by atoms with Gasteiger partial charge in [-0.2, -0.15) is 5.26 Å². The number of carbonyl (C=O) groups excluding carboxylic acids is 1. The van der Waals surface area contributed by atoms with E-state index in [4.69, 9.17) is 9.47 Å². The summed E-state index contributed by atoms with van der Waals surface area (Å²) >= 11 is 0.